The molecule has 0 aliphatic carbocycles. The van der Waals surface area contributed by atoms with Gasteiger partial charge in [-0.3, -0.25) is 4.79 Å². The third-order valence-corrected chi connectivity index (χ3v) is 5.76. The molecule has 140 valence electrons. The van der Waals surface area contributed by atoms with Gasteiger partial charge in [0.05, 0.1) is 18.7 Å². The van der Waals surface area contributed by atoms with Gasteiger partial charge < -0.3 is 25.0 Å². The van der Waals surface area contributed by atoms with Gasteiger partial charge in [0.2, 0.25) is 0 Å². The molecule has 1 aromatic carbocycles. The van der Waals surface area contributed by atoms with Gasteiger partial charge in [-0.2, -0.15) is 0 Å². The van der Waals surface area contributed by atoms with Crippen molar-refractivity contribution in [1.82, 2.24) is 9.88 Å². The maximum atomic E-state index is 12.8. The number of ether oxygens (including phenoxy) is 1. The SMILES string of the molecule is CCCC1Nc2cc(O)c3[nH]c(C(=O)N4CCOCC4)cc3c2[C@@H]1CCl. The number of carbonyl (C=O) groups excluding carboxylic acids is 1. The summed E-state index contributed by atoms with van der Waals surface area (Å²) in [6.07, 6.45) is 2.07. The average molecular weight is 378 g/mol. The molecule has 1 aromatic heterocycles. The summed E-state index contributed by atoms with van der Waals surface area (Å²) < 4.78 is 5.32. The minimum atomic E-state index is -0.0591. The summed E-state index contributed by atoms with van der Waals surface area (Å²) in [5, 5.41) is 14.9. The normalized spacial score (nSPS) is 22.5. The van der Waals surface area contributed by atoms with Crippen molar-refractivity contribution in [2.75, 3.05) is 37.5 Å². The lowest BCUT2D eigenvalue weighted by atomic mass is 9.92. The molecule has 6 nitrogen and oxygen atoms in total. The van der Waals surface area contributed by atoms with Gasteiger partial charge in [0.25, 0.3) is 5.91 Å². The van der Waals surface area contributed by atoms with Crippen LogP contribution < -0.4 is 5.32 Å². The molecule has 0 saturated carbocycles. The molecule has 1 fully saturated rings. The number of H-pyrrole nitrogens is 1. The summed E-state index contributed by atoms with van der Waals surface area (Å²) >= 11 is 6.30. The summed E-state index contributed by atoms with van der Waals surface area (Å²) in [4.78, 5) is 17.7. The van der Waals surface area contributed by atoms with Crippen molar-refractivity contribution < 1.29 is 14.6 Å². The van der Waals surface area contributed by atoms with Crippen molar-refractivity contribution in [3.63, 3.8) is 0 Å². The van der Waals surface area contributed by atoms with Crippen molar-refractivity contribution in [3.05, 3.63) is 23.4 Å². The van der Waals surface area contributed by atoms with Crippen LogP contribution in [0.15, 0.2) is 12.1 Å². The van der Waals surface area contributed by atoms with E-state index in [2.05, 4.69) is 17.2 Å². The Bertz CT molecular complexity index is 829. The lowest BCUT2D eigenvalue weighted by Gasteiger charge is -2.26. The van der Waals surface area contributed by atoms with Gasteiger partial charge in [0, 0.05) is 48.1 Å². The molecular formula is C19H24ClN3O3. The number of halogens is 1. The third-order valence-electron chi connectivity index (χ3n) is 5.43. The number of fused-ring (bicyclic) bond motifs is 3. The van der Waals surface area contributed by atoms with Gasteiger partial charge in [-0.25, -0.2) is 0 Å². The van der Waals surface area contributed by atoms with E-state index in [0.29, 0.717) is 43.4 Å². The van der Waals surface area contributed by atoms with Crippen molar-refractivity contribution in [1.29, 1.82) is 0 Å². The van der Waals surface area contributed by atoms with E-state index in [1.165, 1.54) is 0 Å². The molecule has 1 unspecified atom stereocenters. The molecular weight excluding hydrogens is 354 g/mol. The lowest BCUT2D eigenvalue weighted by Crippen LogP contribution is -2.40. The molecule has 2 atom stereocenters. The molecule has 2 aromatic rings. The fourth-order valence-electron chi connectivity index (χ4n) is 4.14. The molecule has 26 heavy (non-hydrogen) atoms. The number of morpholine rings is 1. The Morgan fingerprint density at radius 2 is 2.15 bits per heavy atom. The number of phenols is 1. The number of aromatic nitrogens is 1. The Morgan fingerprint density at radius 3 is 2.85 bits per heavy atom. The van der Waals surface area contributed by atoms with Crippen molar-refractivity contribution in [2.24, 2.45) is 0 Å². The van der Waals surface area contributed by atoms with Gasteiger partial charge >= 0.3 is 0 Å². The van der Waals surface area contributed by atoms with E-state index in [4.69, 9.17) is 16.3 Å². The monoisotopic (exact) mass is 377 g/mol. The van der Waals surface area contributed by atoms with Crippen LogP contribution in [-0.4, -0.2) is 59.1 Å². The Hall–Kier alpha value is -1.92. The topological polar surface area (TPSA) is 77.6 Å². The summed E-state index contributed by atoms with van der Waals surface area (Å²) in [6.45, 7) is 4.44. The summed E-state index contributed by atoms with van der Waals surface area (Å²) in [5.41, 5.74) is 3.12. The zero-order chi connectivity index (χ0) is 18.3. The number of nitrogens with zero attached hydrogens (tertiary/aromatic N) is 1. The van der Waals surface area contributed by atoms with E-state index in [0.717, 1.165) is 29.5 Å². The zero-order valence-electron chi connectivity index (χ0n) is 14.8. The fourth-order valence-corrected chi connectivity index (χ4v) is 4.51. The summed E-state index contributed by atoms with van der Waals surface area (Å²) in [7, 11) is 0. The number of nitrogens with one attached hydrogen (secondary N) is 2. The van der Waals surface area contributed by atoms with Crippen LogP contribution in [0.4, 0.5) is 5.69 Å². The number of benzene rings is 1. The smallest absolute Gasteiger partial charge is 0.270 e. The average Bonchev–Trinajstić information content (AvgIpc) is 3.24. The first kappa shape index (κ1) is 17.5. The summed E-state index contributed by atoms with van der Waals surface area (Å²) in [5.74, 6) is 0.758. The van der Waals surface area contributed by atoms with E-state index in [9.17, 15) is 9.90 Å². The van der Waals surface area contributed by atoms with E-state index < -0.39 is 0 Å². The Kier molecular flexibility index (Phi) is 4.71. The second-order valence-electron chi connectivity index (χ2n) is 7.03. The van der Waals surface area contributed by atoms with Gasteiger partial charge in [-0.1, -0.05) is 13.3 Å². The standard InChI is InChI=1S/C19H24ClN3O3/c1-2-3-13-12(10-20)17-11-8-15(19(25)23-4-6-26-7-5-23)22-18(11)16(24)9-14(17)21-13/h8-9,12-13,21-22,24H,2-7,10H2,1H3/t12-,13?/m1/s1. The van der Waals surface area contributed by atoms with Crippen LogP contribution >= 0.6 is 11.6 Å². The minimum absolute atomic E-state index is 0.0591. The number of rotatable bonds is 4. The van der Waals surface area contributed by atoms with E-state index in [1.807, 2.05) is 6.07 Å². The number of carbonyl (C=O) groups is 1. The molecule has 4 rings (SSSR count). The summed E-state index contributed by atoms with van der Waals surface area (Å²) in [6, 6.07) is 3.86. The first-order valence-corrected chi connectivity index (χ1v) is 9.75. The molecule has 0 radical (unpaired) electrons. The fraction of sp³-hybridized carbons (Fsp3) is 0.526. The highest BCUT2D eigenvalue weighted by atomic mass is 35.5. The number of aromatic amines is 1. The Balaban J connectivity index is 1.76. The van der Waals surface area contributed by atoms with E-state index in [-0.39, 0.29) is 23.6 Å². The quantitative estimate of drug-likeness (QED) is 0.715. The van der Waals surface area contributed by atoms with Crippen molar-refractivity contribution >= 4 is 34.1 Å². The van der Waals surface area contributed by atoms with Crippen LogP contribution in [0.2, 0.25) is 0 Å². The highest BCUT2D eigenvalue weighted by Crippen LogP contribution is 2.46. The first-order valence-electron chi connectivity index (χ1n) is 9.22. The predicted octanol–water partition coefficient (Wildman–Crippen LogP) is 3.26. The molecule has 3 heterocycles. The number of alkyl halides is 1. The molecule has 1 amide bonds. The van der Waals surface area contributed by atoms with E-state index >= 15 is 0 Å². The van der Waals surface area contributed by atoms with Gasteiger partial charge in [-0.05, 0) is 18.1 Å². The van der Waals surface area contributed by atoms with Gasteiger partial charge in [0.15, 0.2) is 0 Å². The predicted molar refractivity (Wildman–Crippen MR) is 102 cm³/mol. The molecule has 3 N–H and O–H groups in total. The molecule has 0 bridgehead atoms. The molecule has 7 heteroatoms. The van der Waals surface area contributed by atoms with Crippen LogP contribution in [0.25, 0.3) is 10.9 Å². The van der Waals surface area contributed by atoms with Crippen LogP contribution in [0.5, 0.6) is 5.75 Å². The zero-order valence-corrected chi connectivity index (χ0v) is 15.6. The second-order valence-corrected chi connectivity index (χ2v) is 7.34. The third kappa shape index (κ3) is 2.81. The van der Waals surface area contributed by atoms with Crippen molar-refractivity contribution in [2.45, 2.75) is 31.7 Å². The van der Waals surface area contributed by atoms with Crippen molar-refractivity contribution in [3.8, 4) is 5.75 Å². The second kappa shape index (κ2) is 7.00. The van der Waals surface area contributed by atoms with Crippen LogP contribution in [-0.2, 0) is 4.74 Å². The maximum Gasteiger partial charge on any atom is 0.270 e. The molecule has 2 aliphatic rings. The van der Waals surface area contributed by atoms with Gasteiger partial charge in [-0.15, -0.1) is 11.6 Å². The molecule has 1 saturated heterocycles. The highest BCUT2D eigenvalue weighted by Gasteiger charge is 2.34. The number of phenolic OH excluding ortho intramolecular Hbond substituents is 1. The molecule has 0 spiro atoms. The minimum Gasteiger partial charge on any atom is -0.506 e. The maximum absolute atomic E-state index is 12.8. The Labute approximate surface area is 157 Å². The lowest BCUT2D eigenvalue weighted by molar-refractivity contribution is 0.0299. The van der Waals surface area contributed by atoms with Crippen LogP contribution in [0, 0.1) is 0 Å². The van der Waals surface area contributed by atoms with Gasteiger partial charge in [0.1, 0.15) is 11.4 Å². The number of amides is 1. The Morgan fingerprint density at radius 1 is 1.38 bits per heavy atom. The van der Waals surface area contributed by atoms with E-state index in [1.54, 1.807) is 11.0 Å². The molecule has 2 aliphatic heterocycles. The number of hydrogen-bond acceptors (Lipinski definition) is 4. The first-order chi connectivity index (χ1) is 12.6. The van der Waals surface area contributed by atoms with Crippen LogP contribution in [0.3, 0.4) is 0 Å². The highest BCUT2D eigenvalue weighted by molar-refractivity contribution is 6.19. The van der Waals surface area contributed by atoms with Crippen LogP contribution in [0.1, 0.15) is 41.7 Å². The largest absolute Gasteiger partial charge is 0.506 e. The number of hydrogen-bond donors (Lipinski definition) is 3. The number of aromatic hydroxyl groups is 1. The number of anilines is 1.